The molecular weight excluding hydrogens is 246 g/mol. The molecule has 0 radical (unpaired) electrons. The molecule has 1 aliphatic carbocycles. The first-order valence-corrected chi connectivity index (χ1v) is 6.20. The van der Waals surface area contributed by atoms with Gasteiger partial charge in [0.05, 0.1) is 12.1 Å². The zero-order valence-corrected chi connectivity index (χ0v) is 10.7. The number of azide groups is 1. The van der Waals surface area contributed by atoms with E-state index >= 15 is 0 Å². The average Bonchev–Trinajstić information content (AvgIpc) is 2.71. The Morgan fingerprint density at radius 3 is 2.63 bits per heavy atom. The number of aliphatic hydroxyl groups excluding tert-OH is 1. The molecule has 0 saturated carbocycles. The van der Waals surface area contributed by atoms with Gasteiger partial charge in [0.15, 0.2) is 5.79 Å². The Bertz CT molecular complexity index is 554. The van der Waals surface area contributed by atoms with Crippen LogP contribution in [0.1, 0.15) is 37.1 Å². The molecule has 2 aliphatic rings. The second-order valence-corrected chi connectivity index (χ2v) is 5.29. The third-order valence-corrected chi connectivity index (χ3v) is 3.59. The molecule has 3 rings (SSSR count). The van der Waals surface area contributed by atoms with Gasteiger partial charge in [0.25, 0.3) is 0 Å². The van der Waals surface area contributed by atoms with E-state index in [0.717, 1.165) is 11.1 Å². The van der Waals surface area contributed by atoms with Gasteiger partial charge in [-0.1, -0.05) is 29.4 Å². The van der Waals surface area contributed by atoms with Crippen molar-refractivity contribution in [1.29, 1.82) is 0 Å². The Labute approximate surface area is 110 Å². The van der Waals surface area contributed by atoms with Crippen LogP contribution in [0.4, 0.5) is 0 Å². The lowest BCUT2D eigenvalue weighted by atomic mass is 9.82. The molecule has 1 fully saturated rings. The van der Waals surface area contributed by atoms with Crippen molar-refractivity contribution in [3.8, 4) is 0 Å². The highest BCUT2D eigenvalue weighted by Crippen LogP contribution is 2.48. The Morgan fingerprint density at radius 1 is 1.26 bits per heavy atom. The van der Waals surface area contributed by atoms with E-state index in [4.69, 9.17) is 15.0 Å². The summed E-state index contributed by atoms with van der Waals surface area (Å²) in [7, 11) is 0. The lowest BCUT2D eigenvalue weighted by Crippen LogP contribution is -2.40. The Morgan fingerprint density at radius 2 is 1.95 bits per heavy atom. The van der Waals surface area contributed by atoms with Crippen molar-refractivity contribution in [2.45, 2.75) is 44.0 Å². The summed E-state index contributed by atoms with van der Waals surface area (Å²) in [6, 6.07) is 6.88. The second kappa shape index (κ2) is 4.21. The van der Waals surface area contributed by atoms with Gasteiger partial charge in [-0.2, -0.15) is 0 Å². The lowest BCUT2D eigenvalue weighted by Gasteiger charge is -2.34. The van der Waals surface area contributed by atoms with Crippen LogP contribution >= 0.6 is 0 Å². The SMILES string of the molecule is CC1(C)O[C@H]2[C@H](O)[C@@H](N=[N+]=[N-])c3ccccc3[C@H]2O1. The molecule has 6 heteroatoms. The van der Waals surface area contributed by atoms with Crippen molar-refractivity contribution in [3.05, 3.63) is 45.8 Å². The predicted octanol–water partition coefficient (Wildman–Crippen LogP) is 2.61. The van der Waals surface area contributed by atoms with E-state index in [-0.39, 0.29) is 6.10 Å². The Hall–Kier alpha value is -1.59. The van der Waals surface area contributed by atoms with Crippen LogP contribution in [-0.2, 0) is 9.47 Å². The minimum atomic E-state index is -0.905. The summed E-state index contributed by atoms with van der Waals surface area (Å²) in [6.07, 6.45) is -1.75. The lowest BCUT2D eigenvalue weighted by molar-refractivity contribution is -0.155. The predicted molar refractivity (Wildman–Crippen MR) is 67.1 cm³/mol. The van der Waals surface area contributed by atoms with Crippen molar-refractivity contribution < 1.29 is 14.6 Å². The topological polar surface area (TPSA) is 87.5 Å². The highest BCUT2D eigenvalue weighted by atomic mass is 16.8. The Balaban J connectivity index is 2.12. The van der Waals surface area contributed by atoms with E-state index in [1.807, 2.05) is 38.1 Å². The standard InChI is InChI=1S/C13H15N3O3/c1-13(2)18-11-8-6-4-3-5-7(8)9(15-16-14)10(17)12(11)19-13/h3-6,9-12,17H,1-2H3/t9-,10+,11+,12-/m0/s1. The van der Waals surface area contributed by atoms with E-state index in [0.29, 0.717) is 0 Å². The maximum atomic E-state index is 10.4. The van der Waals surface area contributed by atoms with Gasteiger partial charge in [0.1, 0.15) is 12.2 Å². The van der Waals surface area contributed by atoms with Crippen molar-refractivity contribution in [2.75, 3.05) is 0 Å². The van der Waals surface area contributed by atoms with E-state index in [1.165, 1.54) is 0 Å². The molecule has 0 amide bonds. The number of nitrogens with zero attached hydrogens (tertiary/aromatic N) is 3. The highest BCUT2D eigenvalue weighted by Gasteiger charge is 2.51. The first kappa shape index (κ1) is 12.4. The molecule has 1 heterocycles. The largest absolute Gasteiger partial charge is 0.390 e. The molecule has 1 aliphatic heterocycles. The molecule has 0 aromatic heterocycles. The molecule has 0 spiro atoms. The average molecular weight is 261 g/mol. The fourth-order valence-electron chi connectivity index (χ4n) is 2.87. The summed E-state index contributed by atoms with van der Waals surface area (Å²) in [5, 5.41) is 14.1. The zero-order chi connectivity index (χ0) is 13.6. The summed E-state index contributed by atoms with van der Waals surface area (Å²) in [6.45, 7) is 3.62. The molecule has 1 aromatic rings. The van der Waals surface area contributed by atoms with E-state index in [2.05, 4.69) is 10.0 Å². The van der Waals surface area contributed by atoms with Crippen LogP contribution in [-0.4, -0.2) is 23.1 Å². The molecular formula is C13H15N3O3. The van der Waals surface area contributed by atoms with Gasteiger partial charge in [-0.25, -0.2) is 0 Å². The number of ether oxygens (including phenoxy) is 2. The summed E-state index contributed by atoms with van der Waals surface area (Å²) in [5.41, 5.74) is 10.4. The number of hydrogen-bond donors (Lipinski definition) is 1. The van der Waals surface area contributed by atoms with Crippen LogP contribution in [0.15, 0.2) is 29.4 Å². The first-order chi connectivity index (χ1) is 9.03. The van der Waals surface area contributed by atoms with Gasteiger partial charge in [-0.15, -0.1) is 0 Å². The third kappa shape index (κ3) is 1.89. The molecule has 1 N–H and O–H groups in total. The summed E-state index contributed by atoms with van der Waals surface area (Å²) < 4.78 is 11.6. The van der Waals surface area contributed by atoms with Crippen LogP contribution in [0, 0.1) is 0 Å². The van der Waals surface area contributed by atoms with E-state index < -0.39 is 24.0 Å². The summed E-state index contributed by atoms with van der Waals surface area (Å²) in [5.74, 6) is -0.755. The fourth-order valence-corrected chi connectivity index (χ4v) is 2.87. The molecule has 0 unspecified atom stereocenters. The van der Waals surface area contributed by atoms with Crippen LogP contribution in [0.25, 0.3) is 10.4 Å². The molecule has 1 saturated heterocycles. The molecule has 1 aromatic carbocycles. The minimum Gasteiger partial charge on any atom is -0.390 e. The number of fused-ring (bicyclic) bond motifs is 3. The zero-order valence-electron chi connectivity index (χ0n) is 10.7. The van der Waals surface area contributed by atoms with Gasteiger partial charge >= 0.3 is 0 Å². The minimum absolute atomic E-state index is 0.327. The van der Waals surface area contributed by atoms with Crippen LogP contribution in [0.5, 0.6) is 0 Å². The summed E-state index contributed by atoms with van der Waals surface area (Å²) in [4.78, 5) is 2.83. The van der Waals surface area contributed by atoms with Gasteiger partial charge < -0.3 is 14.6 Å². The van der Waals surface area contributed by atoms with Crippen molar-refractivity contribution in [1.82, 2.24) is 0 Å². The van der Waals surface area contributed by atoms with Crippen LogP contribution in [0.2, 0.25) is 0 Å². The van der Waals surface area contributed by atoms with Gasteiger partial charge in [0, 0.05) is 4.91 Å². The maximum Gasteiger partial charge on any atom is 0.164 e. The van der Waals surface area contributed by atoms with Crippen molar-refractivity contribution in [3.63, 3.8) is 0 Å². The fraction of sp³-hybridized carbons (Fsp3) is 0.538. The molecule has 100 valence electrons. The Kier molecular flexibility index (Phi) is 2.76. The molecule has 19 heavy (non-hydrogen) atoms. The van der Waals surface area contributed by atoms with Gasteiger partial charge in [0.2, 0.25) is 0 Å². The van der Waals surface area contributed by atoms with Crippen LogP contribution in [0.3, 0.4) is 0 Å². The quantitative estimate of drug-likeness (QED) is 0.479. The summed E-state index contributed by atoms with van der Waals surface area (Å²) >= 11 is 0. The second-order valence-electron chi connectivity index (χ2n) is 5.29. The van der Waals surface area contributed by atoms with Crippen molar-refractivity contribution >= 4 is 0 Å². The normalized spacial score (nSPS) is 35.1. The third-order valence-electron chi connectivity index (χ3n) is 3.59. The van der Waals surface area contributed by atoms with Crippen molar-refractivity contribution in [2.24, 2.45) is 5.11 Å². The first-order valence-electron chi connectivity index (χ1n) is 6.20. The van der Waals surface area contributed by atoms with Crippen LogP contribution < -0.4 is 0 Å². The van der Waals surface area contributed by atoms with Gasteiger partial charge in [-0.3, -0.25) is 0 Å². The molecule has 6 nitrogen and oxygen atoms in total. The smallest absolute Gasteiger partial charge is 0.164 e. The monoisotopic (exact) mass is 261 g/mol. The number of benzene rings is 1. The molecule has 4 atom stereocenters. The number of aliphatic hydroxyl groups is 1. The number of hydrogen-bond acceptors (Lipinski definition) is 4. The van der Waals surface area contributed by atoms with E-state index in [1.54, 1.807) is 0 Å². The van der Waals surface area contributed by atoms with Gasteiger partial charge in [-0.05, 0) is 30.5 Å². The molecule has 0 bridgehead atoms. The maximum absolute atomic E-state index is 10.4. The highest BCUT2D eigenvalue weighted by molar-refractivity contribution is 5.37. The number of rotatable bonds is 1. The van der Waals surface area contributed by atoms with E-state index in [9.17, 15) is 5.11 Å².